The van der Waals surface area contributed by atoms with Crippen LogP contribution in [0.3, 0.4) is 0 Å². The molecule has 0 spiro atoms. The van der Waals surface area contributed by atoms with E-state index in [0.29, 0.717) is 0 Å². The average Bonchev–Trinajstić information content (AvgIpc) is 1.75. The van der Waals surface area contributed by atoms with Crippen LogP contribution in [0.5, 0.6) is 0 Å². The molecule has 0 aliphatic carbocycles. The van der Waals surface area contributed by atoms with Crippen molar-refractivity contribution in [1.82, 2.24) is 4.47 Å². The van der Waals surface area contributed by atoms with Gasteiger partial charge in [-0.1, -0.05) is 0 Å². The van der Waals surface area contributed by atoms with E-state index in [1.165, 1.54) is 16.4 Å². The Balaban J connectivity index is 2.17. The molecule has 1 heterocycles. The molecule has 24 valence electrons. The molecule has 2 nitrogen and oxygen atoms in total. The first-order valence-electron chi connectivity index (χ1n) is 0.987. The first kappa shape index (κ1) is 2.50. The Kier molecular flexibility index (Phi) is 0.380. The minimum atomic E-state index is 0.792. The van der Waals surface area contributed by atoms with Crippen molar-refractivity contribution >= 4 is 11.9 Å². The minimum absolute atomic E-state index is 0.792. The van der Waals surface area contributed by atoms with Crippen LogP contribution in [0, 0.1) is 0 Å². The van der Waals surface area contributed by atoms with E-state index in [9.17, 15) is 0 Å². The summed E-state index contributed by atoms with van der Waals surface area (Å²) in [5.41, 5.74) is 0. The second kappa shape index (κ2) is 0.607. The molecule has 0 radical (unpaired) electrons. The fraction of sp³-hybridized carbons (Fsp3) is 1.00. The maximum atomic E-state index is 7.96. The smallest absolute Gasteiger partial charge is 0.0979 e. The van der Waals surface area contributed by atoms with E-state index in [-0.39, 0.29) is 0 Å². The van der Waals surface area contributed by atoms with Crippen molar-refractivity contribution in [3.63, 3.8) is 0 Å². The Morgan fingerprint density at radius 2 is 2.25 bits per heavy atom. The minimum Gasteiger partial charge on any atom is -0.302 e. The zero-order valence-corrected chi connectivity index (χ0v) is 2.83. The highest BCUT2D eigenvalue weighted by molar-refractivity contribution is 8.02. The summed E-state index contributed by atoms with van der Waals surface area (Å²) in [6, 6.07) is 0. The van der Waals surface area contributed by atoms with Crippen molar-refractivity contribution < 1.29 is 5.21 Å². The molecule has 1 atom stereocenters. The predicted molar refractivity (Wildman–Crippen MR) is 16.1 cm³/mol. The van der Waals surface area contributed by atoms with Gasteiger partial charge in [0.2, 0.25) is 0 Å². The molecular weight excluding hydrogens is 74.1 g/mol. The lowest BCUT2D eigenvalue weighted by atomic mass is 11.5. The quantitative estimate of drug-likeness (QED) is 0.332. The van der Waals surface area contributed by atoms with Crippen LogP contribution in [0.2, 0.25) is 0 Å². The Labute approximate surface area is 28.5 Å². The molecule has 1 aliphatic rings. The van der Waals surface area contributed by atoms with Gasteiger partial charge < -0.3 is 5.21 Å². The van der Waals surface area contributed by atoms with E-state index >= 15 is 0 Å². The van der Waals surface area contributed by atoms with Crippen LogP contribution in [-0.2, 0) is 0 Å². The van der Waals surface area contributed by atoms with Crippen LogP contribution in [0.1, 0.15) is 0 Å². The molecule has 3 heteroatoms. The summed E-state index contributed by atoms with van der Waals surface area (Å²) in [4.78, 5) is 0. The Bertz CT molecular complexity index is 27.2. The van der Waals surface area contributed by atoms with E-state index in [1.54, 1.807) is 0 Å². The SMILES string of the molecule is ON1CS1. The monoisotopic (exact) mass is 77.0 g/mol. The zero-order valence-electron chi connectivity index (χ0n) is 2.01. The molecule has 0 saturated carbocycles. The third-order valence-electron chi connectivity index (χ3n) is 0.245. The number of rotatable bonds is 0. The van der Waals surface area contributed by atoms with Gasteiger partial charge in [-0.3, -0.25) is 0 Å². The topological polar surface area (TPSA) is 23.2 Å². The molecule has 1 rings (SSSR count). The maximum Gasteiger partial charge on any atom is 0.0979 e. The van der Waals surface area contributed by atoms with Gasteiger partial charge in [0.1, 0.15) is 0 Å². The summed E-state index contributed by atoms with van der Waals surface area (Å²) in [5.74, 6) is 0.792. The van der Waals surface area contributed by atoms with Gasteiger partial charge >= 0.3 is 0 Å². The van der Waals surface area contributed by atoms with Gasteiger partial charge in [0, 0.05) is 0 Å². The summed E-state index contributed by atoms with van der Waals surface area (Å²) in [6.07, 6.45) is 0. The molecule has 0 bridgehead atoms. The lowest BCUT2D eigenvalue weighted by Gasteiger charge is -1.63. The van der Waals surface area contributed by atoms with Crippen LogP contribution in [0.15, 0.2) is 0 Å². The highest BCUT2D eigenvalue weighted by Gasteiger charge is 2.12. The molecule has 0 amide bonds. The number of hydrogen-bond acceptors (Lipinski definition) is 3. The van der Waals surface area contributed by atoms with Crippen LogP contribution < -0.4 is 0 Å². The predicted octanol–water partition coefficient (Wildman–Crippen LogP) is 0.297. The maximum absolute atomic E-state index is 7.96. The number of hydroxylamine groups is 1. The van der Waals surface area contributed by atoms with Gasteiger partial charge in [-0.25, -0.2) is 0 Å². The first-order valence-corrected chi connectivity index (χ1v) is 1.93. The molecular formula is CH3NOS. The normalized spacial score (nSPS) is 39.8. The highest BCUT2D eigenvalue weighted by Crippen LogP contribution is 2.22. The summed E-state index contributed by atoms with van der Waals surface area (Å²) in [7, 11) is 0. The van der Waals surface area contributed by atoms with E-state index < -0.39 is 0 Å². The zero-order chi connectivity index (χ0) is 2.99. The van der Waals surface area contributed by atoms with Crippen molar-refractivity contribution in [3.05, 3.63) is 0 Å². The summed E-state index contributed by atoms with van der Waals surface area (Å²) < 4.78 is 1.17. The van der Waals surface area contributed by atoms with Gasteiger partial charge in [0.25, 0.3) is 0 Å². The second-order valence-electron chi connectivity index (χ2n) is 0.610. The van der Waals surface area contributed by atoms with Crippen LogP contribution in [0.25, 0.3) is 0 Å². The van der Waals surface area contributed by atoms with Gasteiger partial charge in [-0.15, -0.1) is 4.47 Å². The van der Waals surface area contributed by atoms with Crippen molar-refractivity contribution in [2.75, 3.05) is 5.88 Å². The molecule has 1 unspecified atom stereocenters. The van der Waals surface area contributed by atoms with Crippen LogP contribution >= 0.6 is 11.9 Å². The van der Waals surface area contributed by atoms with Crippen molar-refractivity contribution in [1.29, 1.82) is 0 Å². The van der Waals surface area contributed by atoms with Gasteiger partial charge in [-0.05, 0) is 11.9 Å². The van der Waals surface area contributed by atoms with Crippen molar-refractivity contribution in [2.24, 2.45) is 0 Å². The number of nitrogens with zero attached hydrogens (tertiary/aromatic N) is 1. The van der Waals surface area contributed by atoms with Gasteiger partial charge in [0.15, 0.2) is 0 Å². The highest BCUT2D eigenvalue weighted by atomic mass is 32.2. The molecule has 4 heavy (non-hydrogen) atoms. The fourth-order valence-corrected chi connectivity index (χ4v) is 0.0775. The van der Waals surface area contributed by atoms with E-state index in [0.717, 1.165) is 5.88 Å². The van der Waals surface area contributed by atoms with E-state index in [2.05, 4.69) is 0 Å². The Hall–Kier alpha value is 0.270. The van der Waals surface area contributed by atoms with Gasteiger partial charge in [0.05, 0.1) is 5.88 Å². The molecule has 0 aromatic heterocycles. The summed E-state index contributed by atoms with van der Waals surface area (Å²) >= 11 is 1.41. The third-order valence-corrected chi connectivity index (χ3v) is 0.734. The number of hydrogen-bond donors (Lipinski definition) is 1. The lowest BCUT2D eigenvalue weighted by Crippen LogP contribution is -1.73. The van der Waals surface area contributed by atoms with Crippen molar-refractivity contribution in [3.8, 4) is 0 Å². The fourth-order valence-electron chi connectivity index (χ4n) is 0.0258. The second-order valence-corrected chi connectivity index (χ2v) is 1.55. The van der Waals surface area contributed by atoms with E-state index in [1.807, 2.05) is 0 Å². The standard InChI is InChI=1S/CH3NOS/c3-2-1-4-2/h3H,1H2. The molecule has 0 aromatic rings. The molecule has 1 N–H and O–H groups in total. The van der Waals surface area contributed by atoms with E-state index in [4.69, 9.17) is 5.21 Å². The Morgan fingerprint density at radius 3 is 2.25 bits per heavy atom. The van der Waals surface area contributed by atoms with Crippen LogP contribution in [-0.4, -0.2) is 15.6 Å². The lowest BCUT2D eigenvalue weighted by molar-refractivity contribution is 0.0754. The molecule has 1 aliphatic heterocycles. The summed E-state index contributed by atoms with van der Waals surface area (Å²) in [5, 5.41) is 7.96. The average molecular weight is 77.1 g/mol. The largest absolute Gasteiger partial charge is 0.302 e. The summed E-state index contributed by atoms with van der Waals surface area (Å²) in [6.45, 7) is 0. The van der Waals surface area contributed by atoms with Gasteiger partial charge in [-0.2, -0.15) is 0 Å². The first-order chi connectivity index (χ1) is 1.89. The van der Waals surface area contributed by atoms with Crippen molar-refractivity contribution in [2.45, 2.75) is 0 Å². The molecule has 1 saturated heterocycles. The Morgan fingerprint density at radius 1 is 2.00 bits per heavy atom. The molecule has 0 aromatic carbocycles. The third kappa shape index (κ3) is 0.342. The molecule has 1 fully saturated rings. The van der Waals surface area contributed by atoms with Crippen LogP contribution in [0.4, 0.5) is 0 Å².